The number of sulfonamides is 1. The Kier molecular flexibility index (Phi) is 8.01. The predicted molar refractivity (Wildman–Crippen MR) is 94.9 cm³/mol. The van der Waals surface area contributed by atoms with E-state index in [1.165, 1.54) is 32.3 Å². The quantitative estimate of drug-likeness (QED) is 0.676. The molecule has 0 aromatic heterocycles. The van der Waals surface area contributed by atoms with Crippen molar-refractivity contribution in [3.63, 3.8) is 0 Å². The molecule has 0 aliphatic rings. The van der Waals surface area contributed by atoms with Gasteiger partial charge in [0.25, 0.3) is 0 Å². The molecule has 0 saturated heterocycles. The van der Waals surface area contributed by atoms with Gasteiger partial charge in [-0.2, -0.15) is 0 Å². The van der Waals surface area contributed by atoms with E-state index in [0.29, 0.717) is 0 Å². The van der Waals surface area contributed by atoms with Gasteiger partial charge in [0.1, 0.15) is 0 Å². The normalized spacial score (nSPS) is 11.4. The Morgan fingerprint density at radius 3 is 2.54 bits per heavy atom. The van der Waals surface area contributed by atoms with E-state index in [2.05, 4.69) is 5.32 Å². The molecule has 0 atom stereocenters. The number of hydrogen-bond donors (Lipinski definition) is 1. The van der Waals surface area contributed by atoms with Gasteiger partial charge in [0.15, 0.2) is 0 Å². The number of carbonyl (C=O) groups is 2. The van der Waals surface area contributed by atoms with Gasteiger partial charge < -0.3 is 10.1 Å². The van der Waals surface area contributed by atoms with Crippen molar-refractivity contribution in [1.29, 1.82) is 0 Å². The molecule has 1 rings (SSSR count). The highest BCUT2D eigenvalue weighted by atomic mass is 35.5. The van der Waals surface area contributed by atoms with Gasteiger partial charge in [0, 0.05) is 14.1 Å². The SMILES string of the molecule is CCOC(=O)CSCC(=O)Nc1cc(S(=O)(=O)N(C)C)ccc1Cl. The fourth-order valence-electron chi connectivity index (χ4n) is 1.59. The van der Waals surface area contributed by atoms with Crippen LogP contribution in [0.5, 0.6) is 0 Å². The Morgan fingerprint density at radius 1 is 1.29 bits per heavy atom. The molecule has 134 valence electrons. The van der Waals surface area contributed by atoms with Gasteiger partial charge in [-0.25, -0.2) is 12.7 Å². The molecule has 7 nitrogen and oxygen atoms in total. The van der Waals surface area contributed by atoms with Crippen LogP contribution in [0.15, 0.2) is 23.1 Å². The second kappa shape index (κ2) is 9.26. The average Bonchev–Trinajstić information content (AvgIpc) is 2.49. The lowest BCUT2D eigenvalue weighted by Crippen LogP contribution is -2.22. The van der Waals surface area contributed by atoms with Crippen LogP contribution in [0.25, 0.3) is 0 Å². The second-order valence-electron chi connectivity index (χ2n) is 4.78. The van der Waals surface area contributed by atoms with Crippen LogP contribution in [0.1, 0.15) is 6.92 Å². The van der Waals surface area contributed by atoms with Crippen LogP contribution in [0.3, 0.4) is 0 Å². The highest BCUT2D eigenvalue weighted by molar-refractivity contribution is 8.00. The number of thioether (sulfide) groups is 1. The highest BCUT2D eigenvalue weighted by Gasteiger charge is 2.19. The van der Waals surface area contributed by atoms with Crippen LogP contribution in [0.2, 0.25) is 5.02 Å². The zero-order valence-electron chi connectivity index (χ0n) is 13.5. The van der Waals surface area contributed by atoms with Crippen LogP contribution in [-0.2, 0) is 24.3 Å². The molecule has 0 aliphatic heterocycles. The first-order chi connectivity index (χ1) is 11.2. The van der Waals surface area contributed by atoms with Crippen molar-refractivity contribution < 1.29 is 22.7 Å². The maximum absolute atomic E-state index is 12.1. The van der Waals surface area contributed by atoms with Crippen LogP contribution < -0.4 is 5.32 Å². The summed E-state index contributed by atoms with van der Waals surface area (Å²) in [4.78, 5) is 23.1. The molecular formula is C14H19ClN2O5S2. The molecule has 0 fully saturated rings. The molecule has 1 N–H and O–H groups in total. The lowest BCUT2D eigenvalue weighted by atomic mass is 10.3. The van der Waals surface area contributed by atoms with Crippen molar-refractivity contribution in [3.05, 3.63) is 23.2 Å². The molecule has 0 saturated carbocycles. The van der Waals surface area contributed by atoms with Gasteiger partial charge >= 0.3 is 5.97 Å². The van der Waals surface area contributed by atoms with Crippen LogP contribution in [0.4, 0.5) is 5.69 Å². The lowest BCUT2D eigenvalue weighted by molar-refractivity contribution is -0.139. The summed E-state index contributed by atoms with van der Waals surface area (Å²) in [5.74, 6) is -0.720. The van der Waals surface area contributed by atoms with Gasteiger partial charge in [-0.05, 0) is 25.1 Å². The Morgan fingerprint density at radius 2 is 1.96 bits per heavy atom. The minimum Gasteiger partial charge on any atom is -0.465 e. The topological polar surface area (TPSA) is 92.8 Å². The number of amides is 1. The average molecular weight is 395 g/mol. The summed E-state index contributed by atoms with van der Waals surface area (Å²) in [5, 5.41) is 2.76. The van der Waals surface area contributed by atoms with Crippen LogP contribution in [-0.4, -0.2) is 56.8 Å². The molecule has 0 bridgehead atoms. The molecule has 0 radical (unpaired) electrons. The highest BCUT2D eigenvalue weighted by Crippen LogP contribution is 2.26. The van der Waals surface area contributed by atoms with E-state index in [-0.39, 0.29) is 33.7 Å². The number of benzene rings is 1. The summed E-state index contributed by atoms with van der Waals surface area (Å²) in [7, 11) is -0.808. The fraction of sp³-hybridized carbons (Fsp3) is 0.429. The minimum absolute atomic E-state index is 0.0137. The molecular weight excluding hydrogens is 376 g/mol. The van der Waals surface area contributed by atoms with E-state index >= 15 is 0 Å². The van der Waals surface area contributed by atoms with Crippen molar-refractivity contribution in [1.82, 2.24) is 4.31 Å². The number of halogens is 1. The number of hydrogen-bond acceptors (Lipinski definition) is 6. The molecule has 1 aromatic rings. The minimum atomic E-state index is -3.63. The Hall–Kier alpha value is -1.29. The predicted octanol–water partition coefficient (Wildman–Crippen LogP) is 1.83. The molecule has 1 aromatic carbocycles. The Labute approximate surface area is 150 Å². The van der Waals surface area contributed by atoms with Gasteiger partial charge in [-0.3, -0.25) is 9.59 Å². The molecule has 10 heteroatoms. The molecule has 0 spiro atoms. The van der Waals surface area contributed by atoms with Crippen molar-refractivity contribution in [3.8, 4) is 0 Å². The van der Waals surface area contributed by atoms with Gasteiger partial charge in [0.05, 0.1) is 33.7 Å². The summed E-state index contributed by atoms with van der Waals surface area (Å²) in [6.45, 7) is 1.99. The third-order valence-electron chi connectivity index (χ3n) is 2.75. The van der Waals surface area contributed by atoms with Crippen molar-refractivity contribution in [2.75, 3.05) is 37.5 Å². The number of nitrogens with one attached hydrogen (secondary N) is 1. The molecule has 0 unspecified atom stereocenters. The summed E-state index contributed by atoms with van der Waals surface area (Å²) < 4.78 is 30.0. The lowest BCUT2D eigenvalue weighted by Gasteiger charge is -2.13. The maximum Gasteiger partial charge on any atom is 0.315 e. The van der Waals surface area contributed by atoms with E-state index in [1.54, 1.807) is 6.92 Å². The summed E-state index contributed by atoms with van der Waals surface area (Å²) >= 11 is 7.08. The Balaban J connectivity index is 2.74. The first-order valence-electron chi connectivity index (χ1n) is 6.93. The standard InChI is InChI=1S/C14H19ClN2O5S2/c1-4-22-14(19)9-23-8-13(18)16-12-7-10(5-6-11(12)15)24(20,21)17(2)3/h5-7H,4,8-9H2,1-3H3,(H,16,18). The summed E-state index contributed by atoms with van der Waals surface area (Å²) in [6.07, 6.45) is 0. The van der Waals surface area contributed by atoms with Crippen molar-refractivity contribution in [2.24, 2.45) is 0 Å². The molecule has 0 heterocycles. The van der Waals surface area contributed by atoms with Gasteiger partial charge in [-0.15, -0.1) is 11.8 Å². The van der Waals surface area contributed by atoms with E-state index in [1.807, 2.05) is 0 Å². The molecule has 0 aliphatic carbocycles. The van der Waals surface area contributed by atoms with Crippen LogP contribution in [0, 0.1) is 0 Å². The number of esters is 1. The van der Waals surface area contributed by atoms with Gasteiger partial charge in [0.2, 0.25) is 15.9 Å². The van der Waals surface area contributed by atoms with Crippen molar-refractivity contribution in [2.45, 2.75) is 11.8 Å². The summed E-state index contributed by atoms with van der Waals surface area (Å²) in [5.41, 5.74) is 0.196. The second-order valence-corrected chi connectivity index (χ2v) is 8.32. The molecule has 24 heavy (non-hydrogen) atoms. The molecule has 1 amide bonds. The number of nitrogens with zero attached hydrogens (tertiary/aromatic N) is 1. The maximum atomic E-state index is 12.1. The number of ether oxygens (including phenoxy) is 1. The van der Waals surface area contributed by atoms with E-state index in [9.17, 15) is 18.0 Å². The largest absolute Gasteiger partial charge is 0.465 e. The van der Waals surface area contributed by atoms with Gasteiger partial charge in [-0.1, -0.05) is 11.6 Å². The monoisotopic (exact) mass is 394 g/mol. The van der Waals surface area contributed by atoms with Crippen molar-refractivity contribution >= 4 is 50.9 Å². The van der Waals surface area contributed by atoms with E-state index in [4.69, 9.17) is 16.3 Å². The third kappa shape index (κ3) is 5.97. The zero-order valence-corrected chi connectivity index (χ0v) is 15.9. The fourth-order valence-corrected chi connectivity index (χ4v) is 3.29. The van der Waals surface area contributed by atoms with E-state index in [0.717, 1.165) is 16.1 Å². The van der Waals surface area contributed by atoms with E-state index < -0.39 is 21.9 Å². The zero-order chi connectivity index (χ0) is 18.3. The Bertz CT molecular complexity index is 707. The third-order valence-corrected chi connectivity index (χ3v) is 5.80. The smallest absolute Gasteiger partial charge is 0.315 e. The number of anilines is 1. The first-order valence-corrected chi connectivity index (χ1v) is 9.91. The first kappa shape index (κ1) is 20.8. The van der Waals surface area contributed by atoms with Crippen LogP contribution >= 0.6 is 23.4 Å². The number of rotatable bonds is 8. The summed E-state index contributed by atoms with van der Waals surface area (Å²) in [6, 6.07) is 4.06. The number of carbonyl (C=O) groups excluding carboxylic acids is 2.